The minimum atomic E-state index is -2.63. The second-order valence-corrected chi connectivity index (χ2v) is 14.2. The molecule has 0 aliphatic carbocycles. The van der Waals surface area contributed by atoms with Gasteiger partial charge in [0.05, 0.1) is 0 Å². The molecular weight excluding hydrogens is 196 g/mol. The number of hydrogen-bond acceptors (Lipinski definition) is 0. The minimum absolute atomic E-state index is 0.0622. The van der Waals surface area contributed by atoms with Crippen LogP contribution in [0.4, 0.5) is 12.7 Å². The molecule has 0 amide bonds. The molecule has 0 saturated heterocycles. The average molecular weight is 212 g/mol. The molecule has 0 rings (SSSR count). The van der Waals surface area contributed by atoms with E-state index in [9.17, 15) is 12.7 Å². The van der Waals surface area contributed by atoms with Crippen molar-refractivity contribution in [3.8, 4) is 0 Å². The van der Waals surface area contributed by atoms with Gasteiger partial charge in [0.2, 0.25) is 8.41 Å². The van der Waals surface area contributed by atoms with Gasteiger partial charge in [-0.3, -0.25) is 8.63 Å². The summed E-state index contributed by atoms with van der Waals surface area (Å²) in [6.07, 6.45) is 0. The normalized spacial score (nSPS) is 13.2. The van der Waals surface area contributed by atoms with E-state index in [4.69, 9.17) is 0 Å². The summed E-state index contributed by atoms with van der Waals surface area (Å²) < 4.78 is 37.3. The van der Waals surface area contributed by atoms with E-state index in [1.165, 1.54) is 0 Å². The maximum absolute atomic E-state index is 13.3. The molecule has 0 aromatic rings. The molecule has 12 heavy (non-hydrogen) atoms. The first-order valence-electron chi connectivity index (χ1n) is 4.09. The molecule has 0 fully saturated rings. The van der Waals surface area contributed by atoms with E-state index < -0.39 is 23.7 Å². The Morgan fingerprint density at radius 2 is 1.50 bits per heavy atom. The topological polar surface area (TPSA) is 0 Å². The molecule has 0 bridgehead atoms. The summed E-state index contributed by atoms with van der Waals surface area (Å²) in [7, 11) is -6.86. The van der Waals surface area contributed by atoms with Crippen molar-refractivity contribution in [3.05, 3.63) is 0 Å². The van der Waals surface area contributed by atoms with Crippen LogP contribution in [-0.4, -0.2) is 23.7 Å². The smallest absolute Gasteiger partial charge is 0.315 e. The van der Waals surface area contributed by atoms with Crippen LogP contribution in [0.5, 0.6) is 0 Å². The SMILES string of the molecule is C[Si](C)(F)C[Si](C)(C)CB(F)F. The zero-order valence-corrected chi connectivity index (χ0v) is 10.1. The number of halogens is 3. The van der Waals surface area contributed by atoms with E-state index in [2.05, 4.69) is 0 Å². The van der Waals surface area contributed by atoms with Crippen molar-refractivity contribution in [1.29, 1.82) is 0 Å². The van der Waals surface area contributed by atoms with E-state index in [1.807, 2.05) is 13.1 Å². The molecule has 0 aromatic carbocycles. The van der Waals surface area contributed by atoms with Crippen LogP contribution in [0, 0.1) is 0 Å². The van der Waals surface area contributed by atoms with Crippen LogP contribution in [0.15, 0.2) is 0 Å². The first kappa shape index (κ1) is 12.3. The Morgan fingerprint density at radius 3 is 1.75 bits per heavy atom. The van der Waals surface area contributed by atoms with Gasteiger partial charge < -0.3 is 4.11 Å². The molecule has 0 nitrogen and oxygen atoms in total. The largest absolute Gasteiger partial charge is 0.535 e. The summed E-state index contributed by atoms with van der Waals surface area (Å²) in [5.74, 6) is -0.0622. The van der Waals surface area contributed by atoms with Gasteiger partial charge in [0.15, 0.2) is 0 Å². The van der Waals surface area contributed by atoms with Gasteiger partial charge in [-0.1, -0.05) is 13.1 Å². The first-order valence-corrected chi connectivity index (χ1v) is 10.6. The summed E-state index contributed by atoms with van der Waals surface area (Å²) >= 11 is 0. The second kappa shape index (κ2) is 4.00. The molecule has 72 valence electrons. The Hall–Kier alpha value is 0.289. The fourth-order valence-electron chi connectivity index (χ4n) is 1.63. The van der Waals surface area contributed by atoms with Crippen molar-refractivity contribution in [2.24, 2.45) is 0 Å². The second-order valence-electron chi connectivity index (χ2n) is 4.65. The average Bonchev–Trinajstić information content (AvgIpc) is 1.48. The van der Waals surface area contributed by atoms with E-state index in [1.54, 1.807) is 13.1 Å². The van der Waals surface area contributed by atoms with Gasteiger partial charge in [-0.2, -0.15) is 0 Å². The molecule has 0 atom stereocenters. The van der Waals surface area contributed by atoms with Crippen LogP contribution in [0.3, 0.4) is 0 Å². The van der Waals surface area contributed by atoms with Crippen LogP contribution in [0.2, 0.25) is 37.8 Å². The molecule has 0 spiro atoms. The lowest BCUT2D eigenvalue weighted by Crippen LogP contribution is -2.38. The molecule has 0 unspecified atom stereocenters. The highest BCUT2D eigenvalue weighted by Crippen LogP contribution is 2.25. The lowest BCUT2D eigenvalue weighted by atomic mass is 10.1. The van der Waals surface area contributed by atoms with Crippen molar-refractivity contribution in [1.82, 2.24) is 0 Å². The molecule has 0 aromatic heterocycles. The van der Waals surface area contributed by atoms with Gasteiger partial charge in [-0.15, -0.1) is 0 Å². The molecule has 0 radical (unpaired) electrons. The van der Waals surface area contributed by atoms with Crippen LogP contribution in [-0.2, 0) is 0 Å². The third-order valence-corrected chi connectivity index (χ3v) is 10.2. The Morgan fingerprint density at radius 1 is 1.08 bits per heavy atom. The highest BCUT2D eigenvalue weighted by molar-refractivity contribution is 6.96. The lowest BCUT2D eigenvalue weighted by molar-refractivity contribution is 0.666. The molecule has 0 heterocycles. The van der Waals surface area contributed by atoms with Gasteiger partial charge in [0.25, 0.3) is 0 Å². The molecule has 0 aliphatic rings. The van der Waals surface area contributed by atoms with Gasteiger partial charge in [0.1, 0.15) is 0 Å². The Balaban J connectivity index is 4.04. The van der Waals surface area contributed by atoms with Crippen molar-refractivity contribution < 1.29 is 12.7 Å². The monoisotopic (exact) mass is 212 g/mol. The highest BCUT2D eigenvalue weighted by Gasteiger charge is 2.36. The summed E-state index contributed by atoms with van der Waals surface area (Å²) in [5, 5.41) is 0. The number of rotatable bonds is 4. The summed E-state index contributed by atoms with van der Waals surface area (Å²) in [4.78, 5) is 0. The van der Waals surface area contributed by atoms with Gasteiger partial charge >= 0.3 is 7.27 Å². The zero-order chi connectivity index (χ0) is 9.99. The fraction of sp³-hybridized carbons (Fsp3) is 1.00. The Kier molecular flexibility index (Phi) is 4.09. The van der Waals surface area contributed by atoms with Gasteiger partial charge in [-0.25, -0.2) is 0 Å². The lowest BCUT2D eigenvalue weighted by Gasteiger charge is -2.25. The first-order chi connectivity index (χ1) is 5.12. The van der Waals surface area contributed by atoms with Crippen LogP contribution in [0.1, 0.15) is 0 Å². The zero-order valence-electron chi connectivity index (χ0n) is 8.13. The highest BCUT2D eigenvalue weighted by atomic mass is 28.4. The standard InChI is InChI=1S/C6H16BF3Si2/c1-11(2,5-7(8)9)6-12(3,4)10/h5-6H2,1-4H3. The predicted molar refractivity (Wildman–Crippen MR) is 53.7 cm³/mol. The molecule has 0 aliphatic heterocycles. The van der Waals surface area contributed by atoms with Crippen LogP contribution < -0.4 is 0 Å². The molecule has 0 N–H and O–H groups in total. The summed E-state index contributed by atoms with van der Waals surface area (Å²) in [6.45, 7) is 6.86. The Bertz CT molecular complexity index is 144. The summed E-state index contributed by atoms with van der Waals surface area (Å²) in [6, 6.07) is 0. The maximum atomic E-state index is 13.3. The van der Waals surface area contributed by atoms with Crippen molar-refractivity contribution in [3.63, 3.8) is 0 Å². The van der Waals surface area contributed by atoms with Crippen LogP contribution >= 0.6 is 0 Å². The quantitative estimate of drug-likeness (QED) is 0.495. The van der Waals surface area contributed by atoms with E-state index in [0.717, 1.165) is 0 Å². The van der Waals surface area contributed by atoms with Crippen LogP contribution in [0.25, 0.3) is 0 Å². The van der Waals surface area contributed by atoms with Gasteiger partial charge in [-0.05, 0) is 24.7 Å². The van der Waals surface area contributed by atoms with E-state index >= 15 is 0 Å². The number of hydrogen-bond donors (Lipinski definition) is 0. The predicted octanol–water partition coefficient (Wildman–Crippen LogP) is 3.38. The van der Waals surface area contributed by atoms with Crippen molar-refractivity contribution in [2.45, 2.75) is 37.8 Å². The van der Waals surface area contributed by atoms with Crippen molar-refractivity contribution >= 4 is 23.7 Å². The minimum Gasteiger partial charge on any atom is -0.315 e. The molecule has 6 heteroatoms. The third-order valence-electron chi connectivity index (χ3n) is 1.61. The van der Waals surface area contributed by atoms with E-state index in [-0.39, 0.29) is 5.94 Å². The summed E-state index contributed by atoms with van der Waals surface area (Å²) in [5.41, 5.74) is 0.449. The van der Waals surface area contributed by atoms with Crippen molar-refractivity contribution in [2.75, 3.05) is 0 Å². The van der Waals surface area contributed by atoms with Gasteiger partial charge in [0, 0.05) is 8.07 Å². The maximum Gasteiger partial charge on any atom is 0.535 e. The fourth-order valence-corrected chi connectivity index (χ4v) is 12.1. The molecule has 0 saturated carbocycles. The van der Waals surface area contributed by atoms with E-state index in [0.29, 0.717) is 5.67 Å². The molecular formula is C6H16BF3Si2. The third kappa shape index (κ3) is 6.97. The Labute approximate surface area is 74.9 Å².